The van der Waals surface area contributed by atoms with Crippen molar-refractivity contribution < 1.29 is 0 Å². The number of thiophene rings is 1. The number of benzene rings is 7. The van der Waals surface area contributed by atoms with Crippen molar-refractivity contribution in [1.82, 2.24) is 0 Å². The Kier molecular flexibility index (Phi) is 5.61. The minimum atomic E-state index is 0.336. The number of fused-ring (bicyclic) bond motifs is 6. The normalized spacial score (nSPS) is 14.6. The summed E-state index contributed by atoms with van der Waals surface area (Å²) in [4.78, 5) is 0. The Labute approximate surface area is 255 Å². The lowest BCUT2D eigenvalue weighted by Crippen LogP contribution is -2.07. The minimum absolute atomic E-state index is 0.336. The molecule has 0 saturated heterocycles. The van der Waals surface area contributed by atoms with E-state index >= 15 is 0 Å². The zero-order valence-corrected chi connectivity index (χ0v) is 24.4. The zero-order valence-electron chi connectivity index (χ0n) is 23.6. The number of rotatable bonds is 3. The van der Waals surface area contributed by atoms with Crippen LogP contribution in [0.4, 0.5) is 0 Å². The third-order valence-corrected chi connectivity index (χ3v) is 10.5. The van der Waals surface area contributed by atoms with Gasteiger partial charge >= 0.3 is 0 Å². The molecule has 202 valence electrons. The van der Waals surface area contributed by atoms with Gasteiger partial charge in [0.05, 0.1) is 0 Å². The molecule has 9 rings (SSSR count). The van der Waals surface area contributed by atoms with E-state index in [2.05, 4.69) is 152 Å². The van der Waals surface area contributed by atoms with Crippen molar-refractivity contribution in [2.24, 2.45) is 0 Å². The van der Waals surface area contributed by atoms with E-state index in [1.165, 1.54) is 80.7 Å². The predicted octanol–water partition coefficient (Wildman–Crippen LogP) is 12.0. The van der Waals surface area contributed by atoms with Crippen molar-refractivity contribution in [2.45, 2.75) is 12.3 Å². The minimum Gasteiger partial charge on any atom is -0.135 e. The summed E-state index contributed by atoms with van der Waals surface area (Å²) in [6, 6.07) is 51.6. The summed E-state index contributed by atoms with van der Waals surface area (Å²) >= 11 is 1.89. The molecule has 1 aliphatic rings. The smallest absolute Gasteiger partial charge is 0.0433 e. The summed E-state index contributed by atoms with van der Waals surface area (Å²) in [5, 5.41) is 8.03. The van der Waals surface area contributed by atoms with Gasteiger partial charge in [-0.2, -0.15) is 0 Å². The molecule has 0 radical (unpaired) electrons. The van der Waals surface area contributed by atoms with Crippen LogP contribution in [0.25, 0.3) is 70.0 Å². The molecule has 1 unspecified atom stereocenters. The second-order valence-corrected chi connectivity index (χ2v) is 12.7. The van der Waals surface area contributed by atoms with E-state index in [-0.39, 0.29) is 0 Å². The molecule has 1 aromatic heterocycles. The van der Waals surface area contributed by atoms with Crippen molar-refractivity contribution in [2.75, 3.05) is 0 Å². The Morgan fingerprint density at radius 2 is 1.09 bits per heavy atom. The van der Waals surface area contributed by atoms with Gasteiger partial charge < -0.3 is 0 Å². The molecule has 7 aromatic carbocycles. The van der Waals surface area contributed by atoms with Crippen LogP contribution in [0.5, 0.6) is 0 Å². The molecular formula is C42H28S. The molecule has 0 N–H and O–H groups in total. The third kappa shape index (κ3) is 3.89. The van der Waals surface area contributed by atoms with E-state index in [9.17, 15) is 0 Å². The first-order valence-corrected chi connectivity index (χ1v) is 15.9. The fourth-order valence-electron chi connectivity index (χ4n) is 7.27. The highest BCUT2D eigenvalue weighted by atomic mass is 32.1. The largest absolute Gasteiger partial charge is 0.135 e. The first kappa shape index (κ1) is 24.6. The van der Waals surface area contributed by atoms with Gasteiger partial charge in [-0.05, 0) is 73.0 Å². The van der Waals surface area contributed by atoms with E-state index in [0.29, 0.717) is 5.92 Å². The second kappa shape index (κ2) is 9.80. The topological polar surface area (TPSA) is 0 Å². The molecule has 1 heteroatoms. The fraction of sp³-hybridized carbons (Fsp3) is 0.0476. The molecule has 1 heterocycles. The molecule has 0 amide bonds. The maximum absolute atomic E-state index is 2.42. The van der Waals surface area contributed by atoms with Crippen molar-refractivity contribution in [3.05, 3.63) is 162 Å². The monoisotopic (exact) mass is 564 g/mol. The van der Waals surface area contributed by atoms with Crippen LogP contribution < -0.4 is 0 Å². The SMILES string of the molecule is C1=CC(c2c3ccccc3c(-c3ccc(-c4cccc5c4sc4ccccc45)cc3)c3ccccc23)Cc2ccccc21. The summed E-state index contributed by atoms with van der Waals surface area (Å²) in [5.41, 5.74) is 9.36. The summed E-state index contributed by atoms with van der Waals surface area (Å²) in [7, 11) is 0. The molecule has 1 atom stereocenters. The summed E-state index contributed by atoms with van der Waals surface area (Å²) in [6.45, 7) is 0. The van der Waals surface area contributed by atoms with Crippen molar-refractivity contribution in [1.29, 1.82) is 0 Å². The Bertz CT molecular complexity index is 2310. The lowest BCUT2D eigenvalue weighted by Gasteiger charge is -2.25. The highest BCUT2D eigenvalue weighted by Gasteiger charge is 2.22. The first-order valence-electron chi connectivity index (χ1n) is 15.0. The summed E-state index contributed by atoms with van der Waals surface area (Å²) < 4.78 is 2.70. The van der Waals surface area contributed by atoms with Crippen LogP contribution in [0.1, 0.15) is 22.6 Å². The van der Waals surface area contributed by atoms with Gasteiger partial charge in [-0.25, -0.2) is 0 Å². The van der Waals surface area contributed by atoms with Gasteiger partial charge in [0.1, 0.15) is 0 Å². The summed E-state index contributed by atoms with van der Waals surface area (Å²) in [5.74, 6) is 0.336. The number of hydrogen-bond acceptors (Lipinski definition) is 1. The quantitative estimate of drug-likeness (QED) is 0.187. The van der Waals surface area contributed by atoms with Gasteiger partial charge in [0.2, 0.25) is 0 Å². The highest BCUT2D eigenvalue weighted by Crippen LogP contribution is 2.45. The van der Waals surface area contributed by atoms with Crippen molar-refractivity contribution >= 4 is 59.1 Å². The standard InChI is InChI=1S/C42H28S/c1-2-11-30-26-31(25-20-27(30)10-1)41-36-15-5-3-13-34(36)40(35-14-4-6-16-37(35)41)29-23-21-28(22-24-29)32-17-9-18-38-33-12-7-8-19-39(33)43-42(32)38/h1-25,31H,26H2. The Morgan fingerprint density at radius 1 is 0.488 bits per heavy atom. The number of hydrogen-bond donors (Lipinski definition) is 0. The lowest BCUT2D eigenvalue weighted by molar-refractivity contribution is 0.841. The Balaban J connectivity index is 1.21. The molecule has 0 saturated carbocycles. The first-order chi connectivity index (χ1) is 21.3. The molecule has 0 nitrogen and oxygen atoms in total. The van der Waals surface area contributed by atoms with Crippen LogP contribution in [-0.4, -0.2) is 0 Å². The molecule has 0 aliphatic heterocycles. The van der Waals surface area contributed by atoms with Crippen LogP contribution in [-0.2, 0) is 6.42 Å². The summed E-state index contributed by atoms with van der Waals surface area (Å²) in [6.07, 6.45) is 5.76. The van der Waals surface area contributed by atoms with Crippen LogP contribution in [0.3, 0.4) is 0 Å². The van der Waals surface area contributed by atoms with E-state index in [1.54, 1.807) is 0 Å². The van der Waals surface area contributed by atoms with Crippen molar-refractivity contribution in [3.8, 4) is 22.3 Å². The van der Waals surface area contributed by atoms with Crippen LogP contribution in [0, 0.1) is 0 Å². The second-order valence-electron chi connectivity index (χ2n) is 11.6. The number of allylic oxidation sites excluding steroid dienone is 1. The molecule has 0 bridgehead atoms. The van der Waals surface area contributed by atoms with E-state index in [0.717, 1.165) is 6.42 Å². The Hall–Kier alpha value is -4.98. The van der Waals surface area contributed by atoms with Crippen LogP contribution in [0.15, 0.2) is 146 Å². The maximum Gasteiger partial charge on any atom is 0.0433 e. The lowest BCUT2D eigenvalue weighted by atomic mass is 9.79. The average molecular weight is 565 g/mol. The highest BCUT2D eigenvalue weighted by molar-refractivity contribution is 7.26. The van der Waals surface area contributed by atoms with Crippen molar-refractivity contribution in [3.63, 3.8) is 0 Å². The van der Waals surface area contributed by atoms with Gasteiger partial charge in [-0.1, -0.05) is 146 Å². The van der Waals surface area contributed by atoms with Gasteiger partial charge in [0.25, 0.3) is 0 Å². The van der Waals surface area contributed by atoms with E-state index in [4.69, 9.17) is 0 Å². The van der Waals surface area contributed by atoms with Gasteiger partial charge in [0, 0.05) is 26.1 Å². The molecule has 0 spiro atoms. The van der Waals surface area contributed by atoms with E-state index in [1.807, 2.05) is 11.3 Å². The van der Waals surface area contributed by atoms with E-state index < -0.39 is 0 Å². The van der Waals surface area contributed by atoms with Crippen LogP contribution in [0.2, 0.25) is 0 Å². The van der Waals surface area contributed by atoms with Gasteiger partial charge in [-0.3, -0.25) is 0 Å². The molecule has 43 heavy (non-hydrogen) atoms. The van der Waals surface area contributed by atoms with Gasteiger partial charge in [-0.15, -0.1) is 11.3 Å². The zero-order chi connectivity index (χ0) is 28.3. The maximum atomic E-state index is 2.42. The molecule has 8 aromatic rings. The predicted molar refractivity (Wildman–Crippen MR) is 187 cm³/mol. The third-order valence-electron chi connectivity index (χ3n) is 9.24. The molecule has 1 aliphatic carbocycles. The van der Waals surface area contributed by atoms with Gasteiger partial charge in [0.15, 0.2) is 0 Å². The Morgan fingerprint density at radius 3 is 1.86 bits per heavy atom. The molecule has 0 fully saturated rings. The van der Waals surface area contributed by atoms with Crippen LogP contribution >= 0.6 is 11.3 Å². The fourth-order valence-corrected chi connectivity index (χ4v) is 8.51. The average Bonchev–Trinajstić information content (AvgIpc) is 3.46. The molecular weight excluding hydrogens is 537 g/mol.